The minimum absolute atomic E-state index is 0.137. The zero-order valence-electron chi connectivity index (χ0n) is 12.8. The van der Waals surface area contributed by atoms with Crippen molar-refractivity contribution in [1.29, 1.82) is 5.26 Å². The van der Waals surface area contributed by atoms with Crippen LogP contribution in [0, 0.1) is 21.4 Å². The largest absolute Gasteiger partial charge is 0.322 e. The lowest BCUT2D eigenvalue weighted by molar-refractivity contribution is -0.384. The molecule has 25 heavy (non-hydrogen) atoms. The van der Waals surface area contributed by atoms with Crippen molar-refractivity contribution in [3.8, 4) is 11.8 Å². The summed E-state index contributed by atoms with van der Waals surface area (Å²) in [6.45, 7) is 0. The van der Waals surface area contributed by atoms with Crippen LogP contribution in [0.3, 0.4) is 0 Å². The van der Waals surface area contributed by atoms with Crippen LogP contribution in [-0.2, 0) is 0 Å². The Morgan fingerprint density at radius 3 is 2.80 bits per heavy atom. The Bertz CT molecular complexity index is 990. The summed E-state index contributed by atoms with van der Waals surface area (Å²) in [4.78, 5) is 27.0. The maximum absolute atomic E-state index is 12.4. The van der Waals surface area contributed by atoms with Crippen LogP contribution < -0.4 is 5.32 Å². The molecule has 0 aliphatic heterocycles. The maximum Gasteiger partial charge on any atom is 0.294 e. The Morgan fingerprint density at radius 2 is 2.12 bits per heavy atom. The Balaban J connectivity index is 1.92. The predicted molar refractivity (Wildman–Crippen MR) is 89.3 cm³/mol. The summed E-state index contributed by atoms with van der Waals surface area (Å²) in [5.41, 5.74) is 1.07. The molecule has 0 radical (unpaired) electrons. The Hall–Kier alpha value is -3.99. The molecular formula is C17H11N5O3. The molecule has 0 unspecified atom stereocenters. The van der Waals surface area contributed by atoms with Gasteiger partial charge in [0.15, 0.2) is 0 Å². The molecule has 1 amide bonds. The van der Waals surface area contributed by atoms with Gasteiger partial charge in [0.1, 0.15) is 5.69 Å². The Morgan fingerprint density at radius 1 is 1.28 bits per heavy atom. The van der Waals surface area contributed by atoms with E-state index in [1.54, 1.807) is 24.4 Å². The fourth-order valence-corrected chi connectivity index (χ4v) is 2.30. The summed E-state index contributed by atoms with van der Waals surface area (Å²) in [7, 11) is 0. The molecule has 1 heterocycles. The topological polar surface area (TPSA) is 114 Å². The van der Waals surface area contributed by atoms with Gasteiger partial charge in [0, 0.05) is 29.7 Å². The number of carbonyl (C=O) groups is 1. The molecule has 0 fully saturated rings. The monoisotopic (exact) mass is 333 g/mol. The first-order valence-electron chi connectivity index (χ1n) is 7.17. The van der Waals surface area contributed by atoms with E-state index >= 15 is 0 Å². The number of amides is 1. The second-order valence-electron chi connectivity index (χ2n) is 5.08. The van der Waals surface area contributed by atoms with Gasteiger partial charge >= 0.3 is 0 Å². The first kappa shape index (κ1) is 15.9. The van der Waals surface area contributed by atoms with Gasteiger partial charge in [0.2, 0.25) is 0 Å². The molecule has 0 spiro atoms. The van der Waals surface area contributed by atoms with Gasteiger partial charge in [0.25, 0.3) is 11.6 Å². The fourth-order valence-electron chi connectivity index (χ4n) is 2.30. The summed E-state index contributed by atoms with van der Waals surface area (Å²) in [5, 5.41) is 22.8. The Kier molecular flexibility index (Phi) is 4.22. The van der Waals surface area contributed by atoms with E-state index < -0.39 is 10.8 Å². The number of hydrogen-bond acceptors (Lipinski definition) is 5. The Labute approximate surface area is 142 Å². The lowest BCUT2D eigenvalue weighted by Crippen LogP contribution is -2.13. The molecule has 0 aliphatic rings. The summed E-state index contributed by atoms with van der Waals surface area (Å²) in [6.07, 6.45) is 4.53. The predicted octanol–water partition coefficient (Wildman–Crippen LogP) is 2.90. The quantitative estimate of drug-likeness (QED) is 0.582. The van der Waals surface area contributed by atoms with Crippen molar-refractivity contribution in [2.45, 2.75) is 0 Å². The second-order valence-corrected chi connectivity index (χ2v) is 5.08. The molecule has 3 rings (SSSR count). The fraction of sp³-hybridized carbons (Fsp3) is 0. The van der Waals surface area contributed by atoms with Crippen LogP contribution in [0.25, 0.3) is 5.69 Å². The van der Waals surface area contributed by atoms with Crippen molar-refractivity contribution in [1.82, 2.24) is 9.55 Å². The zero-order chi connectivity index (χ0) is 17.8. The minimum atomic E-state index is -0.553. The van der Waals surface area contributed by atoms with Gasteiger partial charge in [-0.3, -0.25) is 14.9 Å². The molecular weight excluding hydrogens is 322 g/mol. The lowest BCUT2D eigenvalue weighted by atomic mass is 10.1. The van der Waals surface area contributed by atoms with Crippen molar-refractivity contribution in [3.05, 3.63) is 82.4 Å². The number of nitro benzene ring substituents is 1. The average Bonchev–Trinajstić information content (AvgIpc) is 3.15. The number of nitrogens with one attached hydrogen (secondary N) is 1. The van der Waals surface area contributed by atoms with Crippen LogP contribution in [-0.4, -0.2) is 20.4 Å². The molecule has 1 aromatic heterocycles. The molecule has 0 aliphatic carbocycles. The van der Waals surface area contributed by atoms with Gasteiger partial charge in [-0.05, 0) is 30.3 Å². The highest BCUT2D eigenvalue weighted by molar-refractivity contribution is 6.05. The summed E-state index contributed by atoms with van der Waals surface area (Å²) >= 11 is 0. The summed E-state index contributed by atoms with van der Waals surface area (Å²) in [5.74, 6) is -0.504. The maximum atomic E-state index is 12.4. The number of nitro groups is 1. The number of nitriles is 1. The highest BCUT2D eigenvalue weighted by Crippen LogP contribution is 2.24. The number of anilines is 1. The van der Waals surface area contributed by atoms with Gasteiger partial charge in [-0.25, -0.2) is 4.98 Å². The first-order chi connectivity index (χ1) is 12.1. The zero-order valence-corrected chi connectivity index (χ0v) is 12.8. The van der Waals surface area contributed by atoms with E-state index in [0.717, 1.165) is 0 Å². The van der Waals surface area contributed by atoms with Crippen LogP contribution in [0.2, 0.25) is 0 Å². The standard InChI is InChI=1S/C17H11N5O3/c18-10-12-2-1-3-14(8-12)20-17(23)13-4-5-15(16(9-13)22(24)25)21-7-6-19-11-21/h1-9,11H,(H,20,23). The molecule has 3 aromatic rings. The van der Waals surface area contributed by atoms with Crippen LogP contribution >= 0.6 is 0 Å². The molecule has 8 heteroatoms. The molecule has 2 aromatic carbocycles. The highest BCUT2D eigenvalue weighted by atomic mass is 16.6. The van der Waals surface area contributed by atoms with Crippen LogP contribution in [0.1, 0.15) is 15.9 Å². The molecule has 0 saturated heterocycles. The smallest absolute Gasteiger partial charge is 0.294 e. The lowest BCUT2D eigenvalue weighted by Gasteiger charge is -2.08. The van der Waals surface area contributed by atoms with E-state index in [0.29, 0.717) is 16.9 Å². The van der Waals surface area contributed by atoms with E-state index in [-0.39, 0.29) is 11.3 Å². The third-order valence-corrected chi connectivity index (χ3v) is 3.47. The van der Waals surface area contributed by atoms with Crippen molar-refractivity contribution < 1.29 is 9.72 Å². The number of carbonyl (C=O) groups excluding carboxylic acids is 1. The molecule has 0 bridgehead atoms. The van der Waals surface area contributed by atoms with Crippen LogP contribution in [0.5, 0.6) is 0 Å². The number of nitrogens with zero attached hydrogens (tertiary/aromatic N) is 4. The van der Waals surface area contributed by atoms with E-state index in [1.807, 2.05) is 6.07 Å². The summed E-state index contributed by atoms with van der Waals surface area (Å²) < 4.78 is 1.50. The van der Waals surface area contributed by atoms with E-state index in [9.17, 15) is 14.9 Å². The van der Waals surface area contributed by atoms with E-state index in [2.05, 4.69) is 10.3 Å². The van der Waals surface area contributed by atoms with Crippen molar-refractivity contribution in [3.63, 3.8) is 0 Å². The van der Waals surface area contributed by atoms with Crippen molar-refractivity contribution >= 4 is 17.3 Å². The van der Waals surface area contributed by atoms with Crippen LogP contribution in [0.15, 0.2) is 61.2 Å². The third kappa shape index (κ3) is 3.35. The number of aromatic nitrogens is 2. The van der Waals surface area contributed by atoms with Gasteiger partial charge in [-0.2, -0.15) is 5.26 Å². The SMILES string of the molecule is N#Cc1cccc(NC(=O)c2ccc(-n3ccnc3)c([N+](=O)[O-])c2)c1. The highest BCUT2D eigenvalue weighted by Gasteiger charge is 2.19. The number of rotatable bonds is 4. The summed E-state index contributed by atoms with van der Waals surface area (Å²) in [6, 6.07) is 12.6. The van der Waals surface area contributed by atoms with Gasteiger partial charge < -0.3 is 9.88 Å². The first-order valence-corrected chi connectivity index (χ1v) is 7.17. The molecule has 1 N–H and O–H groups in total. The number of imidazole rings is 1. The molecule has 0 atom stereocenters. The number of hydrogen-bond donors (Lipinski definition) is 1. The average molecular weight is 333 g/mol. The molecule has 122 valence electrons. The van der Waals surface area contributed by atoms with Crippen molar-refractivity contribution in [2.24, 2.45) is 0 Å². The van der Waals surface area contributed by atoms with E-state index in [4.69, 9.17) is 5.26 Å². The minimum Gasteiger partial charge on any atom is -0.322 e. The van der Waals surface area contributed by atoms with Crippen molar-refractivity contribution in [2.75, 3.05) is 5.32 Å². The van der Waals surface area contributed by atoms with Crippen LogP contribution in [0.4, 0.5) is 11.4 Å². The van der Waals surface area contributed by atoms with E-state index in [1.165, 1.54) is 41.4 Å². The number of benzene rings is 2. The van der Waals surface area contributed by atoms with Gasteiger partial charge in [-0.15, -0.1) is 0 Å². The molecule has 0 saturated carbocycles. The second kappa shape index (κ2) is 6.64. The normalized spacial score (nSPS) is 10.0. The van der Waals surface area contributed by atoms with Gasteiger partial charge in [-0.1, -0.05) is 6.07 Å². The van der Waals surface area contributed by atoms with Gasteiger partial charge in [0.05, 0.1) is 22.9 Å². The molecule has 8 nitrogen and oxygen atoms in total. The third-order valence-electron chi connectivity index (χ3n) is 3.47.